The molecule has 4 aromatic rings. The number of benzene rings is 3. The monoisotopic (exact) mass is 516 g/mol. The van der Waals surface area contributed by atoms with Crippen LogP contribution in [0.3, 0.4) is 0 Å². The van der Waals surface area contributed by atoms with Gasteiger partial charge in [-0.15, -0.1) is 11.8 Å². The van der Waals surface area contributed by atoms with Crippen LogP contribution in [0.25, 0.3) is 11.0 Å². The highest BCUT2D eigenvalue weighted by molar-refractivity contribution is 7.99. The topological polar surface area (TPSA) is 44.3 Å². The van der Waals surface area contributed by atoms with Crippen LogP contribution in [-0.2, 0) is 13.0 Å². The first-order chi connectivity index (χ1) is 17.7. The summed E-state index contributed by atoms with van der Waals surface area (Å²) >= 11 is 3.75. The molecule has 3 heterocycles. The lowest BCUT2D eigenvalue weighted by Crippen LogP contribution is -2.48. The molecule has 1 aromatic heterocycles. The Bertz CT molecular complexity index is 1420. The molecule has 36 heavy (non-hydrogen) atoms. The van der Waals surface area contributed by atoms with Crippen LogP contribution in [0.2, 0.25) is 0 Å². The van der Waals surface area contributed by atoms with Crippen LogP contribution in [0.1, 0.15) is 23.6 Å². The Labute approximate surface area is 220 Å². The van der Waals surface area contributed by atoms with E-state index in [9.17, 15) is 4.79 Å². The summed E-state index contributed by atoms with van der Waals surface area (Å²) in [4.78, 5) is 24.8. The van der Waals surface area contributed by atoms with Crippen molar-refractivity contribution >= 4 is 34.6 Å². The number of nitrogens with zero attached hydrogens (tertiary/aromatic N) is 3. The van der Waals surface area contributed by atoms with Crippen LogP contribution in [-0.4, -0.2) is 58.3 Å². The van der Waals surface area contributed by atoms with Crippen molar-refractivity contribution in [3.05, 3.63) is 88.3 Å². The van der Waals surface area contributed by atoms with E-state index in [0.29, 0.717) is 6.04 Å². The van der Waals surface area contributed by atoms with E-state index in [4.69, 9.17) is 0 Å². The smallest absolute Gasteiger partial charge is 0.306 e. The Morgan fingerprint density at radius 1 is 0.944 bits per heavy atom. The minimum Gasteiger partial charge on any atom is -0.306 e. The first-order valence-electron chi connectivity index (χ1n) is 12.8. The van der Waals surface area contributed by atoms with Gasteiger partial charge in [0.2, 0.25) is 0 Å². The van der Waals surface area contributed by atoms with E-state index in [2.05, 4.69) is 63.5 Å². The lowest BCUT2D eigenvalue weighted by Gasteiger charge is -2.39. The summed E-state index contributed by atoms with van der Waals surface area (Å²) in [5, 5.41) is 0. The molecule has 5 nitrogen and oxygen atoms in total. The van der Waals surface area contributed by atoms with Crippen molar-refractivity contribution in [2.24, 2.45) is 0 Å². The summed E-state index contributed by atoms with van der Waals surface area (Å²) in [5.74, 6) is 0. The molecule has 0 saturated carbocycles. The van der Waals surface area contributed by atoms with Crippen LogP contribution in [0.4, 0.5) is 0 Å². The number of H-pyrrole nitrogens is 1. The molecule has 7 heteroatoms. The van der Waals surface area contributed by atoms with E-state index < -0.39 is 0 Å². The second-order valence-electron chi connectivity index (χ2n) is 9.66. The summed E-state index contributed by atoms with van der Waals surface area (Å²) in [6, 6.07) is 24.3. The molecule has 3 aromatic carbocycles. The molecule has 1 atom stereocenters. The summed E-state index contributed by atoms with van der Waals surface area (Å²) in [6.07, 6.45) is 4.21. The number of para-hydroxylation sites is 2. The van der Waals surface area contributed by atoms with Gasteiger partial charge in [-0.25, -0.2) is 4.79 Å². The second-order valence-corrected chi connectivity index (χ2v) is 11.6. The van der Waals surface area contributed by atoms with E-state index in [0.717, 1.165) is 63.1 Å². The van der Waals surface area contributed by atoms with Crippen LogP contribution in [0.15, 0.2) is 86.2 Å². The predicted molar refractivity (Wildman–Crippen MR) is 150 cm³/mol. The quantitative estimate of drug-likeness (QED) is 0.343. The standard InChI is InChI=1S/C29H32N4OS2/c1-35-22-11-12-28-23(20-22)26(19-21-7-2-5-10-27(21)36-28)32-17-15-31(16-18-32)13-6-14-33-25-9-4-3-8-24(25)30-29(33)34/h2-5,7-12,20,26H,6,13-19H2,1H3,(H,30,34). The summed E-state index contributed by atoms with van der Waals surface area (Å²) in [7, 11) is 0. The molecule has 2 aliphatic heterocycles. The van der Waals surface area contributed by atoms with Gasteiger partial charge in [0.05, 0.1) is 11.0 Å². The fourth-order valence-corrected chi connectivity index (χ4v) is 7.19. The Kier molecular flexibility index (Phi) is 6.98. The largest absolute Gasteiger partial charge is 0.326 e. The Morgan fingerprint density at radius 3 is 2.61 bits per heavy atom. The van der Waals surface area contributed by atoms with Crippen molar-refractivity contribution in [3.63, 3.8) is 0 Å². The fourth-order valence-electron chi connectivity index (χ4n) is 5.62. The highest BCUT2D eigenvalue weighted by atomic mass is 32.2. The number of aryl methyl sites for hydroxylation is 1. The molecule has 1 saturated heterocycles. The number of rotatable bonds is 6. The van der Waals surface area contributed by atoms with Crippen LogP contribution >= 0.6 is 23.5 Å². The van der Waals surface area contributed by atoms with Gasteiger partial charge in [0, 0.05) is 53.5 Å². The molecule has 0 amide bonds. The van der Waals surface area contributed by atoms with E-state index in [1.165, 1.54) is 25.8 Å². The number of fused-ring (bicyclic) bond motifs is 3. The lowest BCUT2D eigenvalue weighted by atomic mass is 9.96. The minimum atomic E-state index is -0.00388. The van der Waals surface area contributed by atoms with Gasteiger partial charge in [0.15, 0.2) is 0 Å². The maximum absolute atomic E-state index is 12.4. The molecule has 1 N–H and O–H groups in total. The predicted octanol–water partition coefficient (Wildman–Crippen LogP) is 5.51. The summed E-state index contributed by atoms with van der Waals surface area (Å²) in [5.41, 5.74) is 4.86. The number of nitrogens with one attached hydrogen (secondary N) is 1. The van der Waals surface area contributed by atoms with Crippen molar-refractivity contribution in [3.8, 4) is 0 Å². The minimum absolute atomic E-state index is 0.00388. The molecule has 0 bridgehead atoms. The molecular weight excluding hydrogens is 484 g/mol. The SMILES string of the molecule is CSc1ccc2c(c1)C(N1CCN(CCCn3c(=O)[nH]c4ccccc43)CC1)Cc1ccccc1S2. The van der Waals surface area contributed by atoms with E-state index in [-0.39, 0.29) is 5.69 Å². The van der Waals surface area contributed by atoms with Gasteiger partial charge in [-0.3, -0.25) is 9.47 Å². The first-order valence-corrected chi connectivity index (χ1v) is 14.8. The van der Waals surface area contributed by atoms with Crippen molar-refractivity contribution < 1.29 is 0 Å². The molecule has 0 spiro atoms. The second kappa shape index (κ2) is 10.5. The van der Waals surface area contributed by atoms with Crippen LogP contribution < -0.4 is 5.69 Å². The van der Waals surface area contributed by atoms with E-state index >= 15 is 0 Å². The van der Waals surface area contributed by atoms with Crippen molar-refractivity contribution in [2.45, 2.75) is 40.1 Å². The zero-order valence-corrected chi connectivity index (χ0v) is 22.3. The number of piperazine rings is 1. The molecule has 1 unspecified atom stereocenters. The third kappa shape index (κ3) is 4.77. The van der Waals surface area contributed by atoms with Gasteiger partial charge < -0.3 is 9.88 Å². The molecular formula is C29H32N4OS2. The Balaban J connectivity index is 1.13. The van der Waals surface area contributed by atoms with Crippen LogP contribution in [0.5, 0.6) is 0 Å². The number of hydrogen-bond donors (Lipinski definition) is 1. The fraction of sp³-hybridized carbons (Fsp3) is 0.345. The van der Waals surface area contributed by atoms with Gasteiger partial charge in [-0.1, -0.05) is 42.1 Å². The number of imidazole rings is 1. The molecule has 1 fully saturated rings. The third-order valence-electron chi connectivity index (χ3n) is 7.57. The number of aromatic nitrogens is 2. The Hall–Kier alpha value is -2.45. The highest BCUT2D eigenvalue weighted by Gasteiger charge is 2.30. The van der Waals surface area contributed by atoms with Crippen molar-refractivity contribution in [1.29, 1.82) is 0 Å². The molecule has 0 aliphatic carbocycles. The van der Waals surface area contributed by atoms with Crippen molar-refractivity contribution in [1.82, 2.24) is 19.4 Å². The highest BCUT2D eigenvalue weighted by Crippen LogP contribution is 2.44. The normalized spacial score (nSPS) is 18.6. The Morgan fingerprint density at radius 2 is 1.75 bits per heavy atom. The van der Waals surface area contributed by atoms with E-state index in [1.54, 1.807) is 0 Å². The van der Waals surface area contributed by atoms with Gasteiger partial charge in [-0.05, 0) is 73.2 Å². The third-order valence-corrected chi connectivity index (χ3v) is 9.50. The van der Waals surface area contributed by atoms with Gasteiger partial charge >= 0.3 is 5.69 Å². The molecule has 186 valence electrons. The number of hydrogen-bond acceptors (Lipinski definition) is 5. The average Bonchev–Trinajstić information content (AvgIpc) is 3.13. The number of thioether (sulfide) groups is 1. The van der Waals surface area contributed by atoms with Gasteiger partial charge in [-0.2, -0.15) is 0 Å². The number of aromatic amines is 1. The lowest BCUT2D eigenvalue weighted by molar-refractivity contribution is 0.0929. The average molecular weight is 517 g/mol. The maximum Gasteiger partial charge on any atom is 0.326 e. The summed E-state index contributed by atoms with van der Waals surface area (Å²) < 4.78 is 1.88. The van der Waals surface area contributed by atoms with Gasteiger partial charge in [0.25, 0.3) is 0 Å². The zero-order chi connectivity index (χ0) is 24.5. The summed E-state index contributed by atoms with van der Waals surface area (Å²) in [6.45, 7) is 6.08. The van der Waals surface area contributed by atoms with E-state index in [1.807, 2.05) is 52.4 Å². The molecule has 0 radical (unpaired) electrons. The molecule has 6 rings (SSSR count). The maximum atomic E-state index is 12.4. The zero-order valence-electron chi connectivity index (χ0n) is 20.7. The van der Waals surface area contributed by atoms with Crippen LogP contribution in [0, 0.1) is 0 Å². The van der Waals surface area contributed by atoms with Crippen molar-refractivity contribution in [2.75, 3.05) is 39.0 Å². The molecule has 2 aliphatic rings. The van der Waals surface area contributed by atoms with Gasteiger partial charge in [0.1, 0.15) is 0 Å². The first kappa shape index (κ1) is 23.9.